The van der Waals surface area contributed by atoms with Crippen molar-refractivity contribution in [2.75, 3.05) is 0 Å². The lowest BCUT2D eigenvalue weighted by molar-refractivity contribution is 1.13. The van der Waals surface area contributed by atoms with Crippen LogP contribution in [0.15, 0.2) is 24.4 Å². The number of hydrogen-bond acceptors (Lipinski definition) is 2. The van der Waals surface area contributed by atoms with E-state index in [1.165, 1.54) is 11.1 Å². The molecule has 1 heterocycles. The maximum Gasteiger partial charge on any atom is 0.160 e. The van der Waals surface area contributed by atoms with Crippen LogP contribution in [-0.4, -0.2) is 9.97 Å². The molecular weight excluding hydrogens is 220 g/mol. The predicted octanol–water partition coefficient (Wildman–Crippen LogP) is 3.72. The monoisotopic (exact) mass is 232 g/mol. The predicted molar refractivity (Wildman–Crippen MR) is 66.7 cm³/mol. The lowest BCUT2D eigenvalue weighted by Gasteiger charge is -2.05. The van der Waals surface area contributed by atoms with E-state index in [-0.39, 0.29) is 0 Å². The van der Waals surface area contributed by atoms with Crippen LogP contribution in [0.1, 0.15) is 16.7 Å². The van der Waals surface area contributed by atoms with Crippen molar-refractivity contribution in [3.05, 3.63) is 46.2 Å². The van der Waals surface area contributed by atoms with E-state index in [0.29, 0.717) is 11.0 Å². The van der Waals surface area contributed by atoms with Crippen molar-refractivity contribution in [3.8, 4) is 11.4 Å². The molecular formula is C13H13ClN2. The highest BCUT2D eigenvalue weighted by atomic mass is 35.5. The molecule has 0 aliphatic rings. The molecule has 82 valence electrons. The molecule has 0 unspecified atom stereocenters. The zero-order chi connectivity index (χ0) is 11.7. The van der Waals surface area contributed by atoms with E-state index in [2.05, 4.69) is 35.9 Å². The highest BCUT2D eigenvalue weighted by Crippen LogP contribution is 2.21. The summed E-state index contributed by atoms with van der Waals surface area (Å²) >= 11 is 5.98. The van der Waals surface area contributed by atoms with E-state index < -0.39 is 0 Å². The topological polar surface area (TPSA) is 25.8 Å². The Morgan fingerprint density at radius 1 is 1.00 bits per heavy atom. The van der Waals surface area contributed by atoms with Gasteiger partial charge in [-0.05, 0) is 38.0 Å². The fourth-order valence-corrected chi connectivity index (χ4v) is 1.57. The zero-order valence-electron chi connectivity index (χ0n) is 9.58. The number of aromatic nitrogens is 2. The molecule has 0 fully saturated rings. The van der Waals surface area contributed by atoms with Crippen molar-refractivity contribution in [3.63, 3.8) is 0 Å². The van der Waals surface area contributed by atoms with Crippen molar-refractivity contribution in [1.29, 1.82) is 0 Å². The summed E-state index contributed by atoms with van der Waals surface area (Å²) in [6.45, 7) is 6.06. The maximum atomic E-state index is 5.98. The average molecular weight is 233 g/mol. The van der Waals surface area contributed by atoms with Crippen molar-refractivity contribution >= 4 is 11.6 Å². The van der Waals surface area contributed by atoms with Crippen molar-refractivity contribution in [2.24, 2.45) is 0 Å². The highest BCUT2D eigenvalue weighted by molar-refractivity contribution is 6.30. The number of aryl methyl sites for hydroxylation is 3. The lowest BCUT2D eigenvalue weighted by atomic mass is 10.1. The molecule has 0 aliphatic carbocycles. The Kier molecular flexibility index (Phi) is 2.92. The van der Waals surface area contributed by atoms with E-state index in [9.17, 15) is 0 Å². The quantitative estimate of drug-likeness (QED) is 0.701. The first-order valence-electron chi connectivity index (χ1n) is 5.14. The fraction of sp³-hybridized carbons (Fsp3) is 0.231. The van der Waals surface area contributed by atoms with Crippen LogP contribution < -0.4 is 0 Å². The molecule has 1 aromatic heterocycles. The molecule has 2 rings (SSSR count). The second kappa shape index (κ2) is 4.22. The number of rotatable bonds is 1. The maximum absolute atomic E-state index is 5.98. The van der Waals surface area contributed by atoms with E-state index >= 15 is 0 Å². The minimum Gasteiger partial charge on any atom is -0.236 e. The molecule has 0 atom stereocenters. The van der Waals surface area contributed by atoms with E-state index in [1.807, 2.05) is 13.0 Å². The molecule has 0 amide bonds. The second-order valence-electron chi connectivity index (χ2n) is 3.97. The molecule has 0 saturated carbocycles. The third kappa shape index (κ3) is 2.07. The van der Waals surface area contributed by atoms with Gasteiger partial charge in [-0.1, -0.05) is 23.7 Å². The van der Waals surface area contributed by atoms with Crippen LogP contribution in [-0.2, 0) is 0 Å². The molecule has 0 aliphatic heterocycles. The Bertz CT molecular complexity index is 486. The van der Waals surface area contributed by atoms with Crippen molar-refractivity contribution in [2.45, 2.75) is 20.8 Å². The van der Waals surface area contributed by atoms with Crippen LogP contribution in [0.3, 0.4) is 0 Å². The molecule has 16 heavy (non-hydrogen) atoms. The number of hydrogen-bond donors (Lipinski definition) is 0. The lowest BCUT2D eigenvalue weighted by Crippen LogP contribution is -1.92. The van der Waals surface area contributed by atoms with Gasteiger partial charge in [-0.3, -0.25) is 0 Å². The van der Waals surface area contributed by atoms with Gasteiger partial charge in [0.1, 0.15) is 5.15 Å². The van der Waals surface area contributed by atoms with Crippen LogP contribution in [0.5, 0.6) is 0 Å². The standard InChI is InChI=1S/C13H13ClN2/c1-8-4-5-11(6-9(8)2)13-15-7-10(3)12(14)16-13/h4-7H,1-3H3. The second-order valence-corrected chi connectivity index (χ2v) is 4.32. The number of halogens is 1. The summed E-state index contributed by atoms with van der Waals surface area (Å²) in [4.78, 5) is 8.55. The molecule has 0 bridgehead atoms. The first kappa shape index (κ1) is 11.1. The SMILES string of the molecule is Cc1ccc(-c2ncc(C)c(Cl)n2)cc1C. The summed E-state index contributed by atoms with van der Waals surface area (Å²) in [5.74, 6) is 0.679. The molecule has 2 nitrogen and oxygen atoms in total. The van der Waals surface area contributed by atoms with Gasteiger partial charge < -0.3 is 0 Å². The third-order valence-electron chi connectivity index (χ3n) is 2.68. The van der Waals surface area contributed by atoms with E-state index in [1.54, 1.807) is 6.20 Å². The molecule has 0 N–H and O–H groups in total. The average Bonchev–Trinajstić information content (AvgIpc) is 2.26. The van der Waals surface area contributed by atoms with Gasteiger partial charge in [-0.25, -0.2) is 9.97 Å². The minimum atomic E-state index is 0.517. The van der Waals surface area contributed by atoms with Crippen molar-refractivity contribution in [1.82, 2.24) is 9.97 Å². The van der Waals surface area contributed by atoms with Gasteiger partial charge in [0.2, 0.25) is 0 Å². The highest BCUT2D eigenvalue weighted by Gasteiger charge is 2.05. The summed E-state index contributed by atoms with van der Waals surface area (Å²) < 4.78 is 0. The smallest absolute Gasteiger partial charge is 0.160 e. The van der Waals surface area contributed by atoms with E-state index in [0.717, 1.165) is 11.1 Å². The number of benzene rings is 1. The van der Waals surface area contributed by atoms with Crippen LogP contribution in [0.25, 0.3) is 11.4 Å². The number of nitrogens with zero attached hydrogens (tertiary/aromatic N) is 2. The minimum absolute atomic E-state index is 0.517. The molecule has 3 heteroatoms. The van der Waals surface area contributed by atoms with Crippen LogP contribution >= 0.6 is 11.6 Å². The summed E-state index contributed by atoms with van der Waals surface area (Å²) in [6.07, 6.45) is 1.75. The molecule has 2 aromatic rings. The molecule has 0 radical (unpaired) electrons. The van der Waals surface area contributed by atoms with Crippen LogP contribution in [0, 0.1) is 20.8 Å². The Hall–Kier alpha value is -1.41. The van der Waals surface area contributed by atoms with Gasteiger partial charge in [0.05, 0.1) is 0 Å². The summed E-state index contributed by atoms with van der Waals surface area (Å²) in [5.41, 5.74) is 4.40. The first-order chi connectivity index (χ1) is 7.58. The zero-order valence-corrected chi connectivity index (χ0v) is 10.3. The van der Waals surface area contributed by atoms with Gasteiger partial charge >= 0.3 is 0 Å². The van der Waals surface area contributed by atoms with Crippen LogP contribution in [0.4, 0.5) is 0 Å². The first-order valence-corrected chi connectivity index (χ1v) is 5.52. The summed E-state index contributed by atoms with van der Waals surface area (Å²) in [6, 6.07) is 6.17. The molecule has 0 spiro atoms. The van der Waals surface area contributed by atoms with Crippen molar-refractivity contribution < 1.29 is 0 Å². The van der Waals surface area contributed by atoms with Gasteiger partial charge in [0.15, 0.2) is 5.82 Å². The van der Waals surface area contributed by atoms with Gasteiger partial charge in [0.25, 0.3) is 0 Å². The fourth-order valence-electron chi connectivity index (χ4n) is 1.44. The summed E-state index contributed by atoms with van der Waals surface area (Å²) in [7, 11) is 0. The molecule has 0 saturated heterocycles. The third-order valence-corrected chi connectivity index (χ3v) is 3.06. The Balaban J connectivity index is 2.50. The molecule has 1 aromatic carbocycles. The Morgan fingerprint density at radius 2 is 1.75 bits per heavy atom. The van der Waals surface area contributed by atoms with Gasteiger partial charge in [-0.2, -0.15) is 0 Å². The van der Waals surface area contributed by atoms with E-state index in [4.69, 9.17) is 11.6 Å². The van der Waals surface area contributed by atoms with Crippen LogP contribution in [0.2, 0.25) is 5.15 Å². The van der Waals surface area contributed by atoms with Gasteiger partial charge in [0, 0.05) is 17.3 Å². The van der Waals surface area contributed by atoms with Gasteiger partial charge in [-0.15, -0.1) is 0 Å². The Morgan fingerprint density at radius 3 is 2.38 bits per heavy atom. The Labute approximate surface area is 100 Å². The summed E-state index contributed by atoms with van der Waals surface area (Å²) in [5, 5.41) is 0.517. The normalized spacial score (nSPS) is 10.5. The largest absolute Gasteiger partial charge is 0.236 e.